The topological polar surface area (TPSA) is 0 Å². The molecule has 0 unspecified atom stereocenters. The molecule has 0 N–H and O–H groups in total. The van der Waals surface area contributed by atoms with Gasteiger partial charge in [-0.1, -0.05) is 13.8 Å². The van der Waals surface area contributed by atoms with Crippen LogP contribution in [0, 0.1) is 0 Å². The van der Waals surface area contributed by atoms with Crippen molar-refractivity contribution in [1.29, 1.82) is 0 Å². The lowest BCUT2D eigenvalue weighted by Crippen LogP contribution is -2.29. The van der Waals surface area contributed by atoms with E-state index in [1.807, 2.05) is 13.8 Å². The Kier molecular flexibility index (Phi) is 4.98. The minimum atomic E-state index is -5.63. The van der Waals surface area contributed by atoms with Gasteiger partial charge in [0.25, 0.3) is 0 Å². The van der Waals surface area contributed by atoms with Crippen molar-refractivity contribution in [2.24, 2.45) is 0 Å². The van der Waals surface area contributed by atoms with Gasteiger partial charge in [-0.2, -0.15) is 22.0 Å². The molecule has 0 aliphatic rings. The summed E-state index contributed by atoms with van der Waals surface area (Å²) >= 11 is 3.55. The van der Waals surface area contributed by atoms with Crippen molar-refractivity contribution in [3.63, 3.8) is 0 Å². The van der Waals surface area contributed by atoms with Crippen LogP contribution in [0.4, 0.5) is 22.0 Å². The molecule has 0 nitrogen and oxygen atoms in total. The number of hydrogen-bond donors (Lipinski definition) is 0. The molecule has 0 aromatic heterocycles. The first-order valence-electron chi connectivity index (χ1n) is 2.38. The fourth-order valence-corrected chi connectivity index (χ4v) is 0. The van der Waals surface area contributed by atoms with Crippen LogP contribution >= 0.6 is 11.6 Å². The molecule has 0 fully saturated rings. The standard InChI is InChI=1S/C2ClF5.C2H6/c3-1(4,5)2(6,7)8;1-2/h;1-2H3. The van der Waals surface area contributed by atoms with Crippen LogP contribution in [-0.4, -0.2) is 11.6 Å². The summed E-state index contributed by atoms with van der Waals surface area (Å²) in [4.78, 5) is 0. The van der Waals surface area contributed by atoms with Gasteiger partial charge in [0.05, 0.1) is 0 Å². The van der Waals surface area contributed by atoms with Gasteiger partial charge in [-0.25, -0.2) is 0 Å². The first kappa shape index (κ1) is 12.6. The Morgan fingerprint density at radius 2 is 1.00 bits per heavy atom. The van der Waals surface area contributed by atoms with E-state index in [1.165, 1.54) is 0 Å². The van der Waals surface area contributed by atoms with E-state index in [-0.39, 0.29) is 0 Å². The van der Waals surface area contributed by atoms with Crippen LogP contribution in [0.15, 0.2) is 0 Å². The van der Waals surface area contributed by atoms with Crippen molar-refractivity contribution in [3.05, 3.63) is 0 Å². The highest BCUT2D eigenvalue weighted by Crippen LogP contribution is 2.38. The molecule has 0 spiro atoms. The summed E-state index contributed by atoms with van der Waals surface area (Å²) in [6, 6.07) is 0. The maximum Gasteiger partial charge on any atom is 0.469 e. The molecule has 0 bridgehead atoms. The van der Waals surface area contributed by atoms with Crippen molar-refractivity contribution in [3.8, 4) is 0 Å². The molecule has 0 atom stereocenters. The Labute approximate surface area is 60.0 Å². The first-order chi connectivity index (χ1) is 4.25. The summed E-state index contributed by atoms with van der Waals surface area (Å²) in [5.41, 5.74) is 0. The molecule has 0 amide bonds. The van der Waals surface area contributed by atoms with Crippen LogP contribution in [-0.2, 0) is 0 Å². The summed E-state index contributed by atoms with van der Waals surface area (Å²) in [6.07, 6.45) is -5.63. The van der Waals surface area contributed by atoms with Crippen molar-refractivity contribution < 1.29 is 22.0 Å². The zero-order chi connectivity index (χ0) is 9.00. The zero-order valence-corrected chi connectivity index (χ0v) is 6.02. The molecule has 6 heteroatoms. The smallest absolute Gasteiger partial charge is 0.177 e. The van der Waals surface area contributed by atoms with Crippen molar-refractivity contribution in [2.45, 2.75) is 25.4 Å². The van der Waals surface area contributed by atoms with Gasteiger partial charge in [0.2, 0.25) is 0 Å². The molecular weight excluding hydrogens is 178 g/mol. The summed E-state index contributed by atoms with van der Waals surface area (Å²) in [7, 11) is 0. The van der Waals surface area contributed by atoms with E-state index in [1.54, 1.807) is 0 Å². The van der Waals surface area contributed by atoms with Gasteiger partial charge in [-0.15, -0.1) is 0 Å². The minimum absolute atomic E-state index is 2.00. The number of hydrogen-bond acceptors (Lipinski definition) is 0. The highest BCUT2D eigenvalue weighted by Gasteiger charge is 2.56. The fourth-order valence-electron chi connectivity index (χ4n) is 0. The number of rotatable bonds is 0. The summed E-state index contributed by atoms with van der Waals surface area (Å²) in [5, 5.41) is -5.09. The fraction of sp³-hybridized carbons (Fsp3) is 1.00. The van der Waals surface area contributed by atoms with Crippen molar-refractivity contribution >= 4 is 11.6 Å². The van der Waals surface area contributed by atoms with Crippen LogP contribution in [0.5, 0.6) is 0 Å². The van der Waals surface area contributed by atoms with E-state index in [0.717, 1.165) is 0 Å². The highest BCUT2D eigenvalue weighted by molar-refractivity contribution is 6.22. The quantitative estimate of drug-likeness (QED) is 0.400. The molecule has 10 heavy (non-hydrogen) atoms. The molecule has 0 aliphatic carbocycles. The third-order valence-corrected chi connectivity index (χ3v) is 0.536. The van der Waals surface area contributed by atoms with Gasteiger partial charge in [0, 0.05) is 0 Å². The normalized spacial score (nSPS) is 12.0. The molecule has 64 valence electrons. The van der Waals surface area contributed by atoms with E-state index in [9.17, 15) is 22.0 Å². The Morgan fingerprint density at radius 3 is 1.00 bits per heavy atom. The van der Waals surface area contributed by atoms with Crippen LogP contribution < -0.4 is 0 Å². The lowest BCUT2D eigenvalue weighted by atomic mass is 10.7. The Morgan fingerprint density at radius 1 is 0.900 bits per heavy atom. The molecular formula is C4H6ClF5. The molecule has 0 radical (unpaired) electrons. The van der Waals surface area contributed by atoms with Crippen molar-refractivity contribution in [1.82, 2.24) is 0 Å². The minimum Gasteiger partial charge on any atom is -0.177 e. The van der Waals surface area contributed by atoms with Gasteiger partial charge in [0.1, 0.15) is 0 Å². The Balaban J connectivity index is 0. The lowest BCUT2D eigenvalue weighted by Gasteiger charge is -2.10. The predicted octanol–water partition coefficient (Wildman–Crippen LogP) is 3.41. The van der Waals surface area contributed by atoms with Crippen LogP contribution in [0.1, 0.15) is 13.8 Å². The maximum atomic E-state index is 10.9. The third-order valence-electron chi connectivity index (χ3n) is 0.321. The van der Waals surface area contributed by atoms with E-state index < -0.39 is 11.6 Å². The highest BCUT2D eigenvalue weighted by atomic mass is 35.5. The van der Waals surface area contributed by atoms with Crippen LogP contribution in [0.2, 0.25) is 0 Å². The van der Waals surface area contributed by atoms with Crippen LogP contribution in [0.25, 0.3) is 0 Å². The van der Waals surface area contributed by atoms with E-state index in [0.29, 0.717) is 0 Å². The predicted molar refractivity (Wildman–Crippen MR) is 28.2 cm³/mol. The maximum absolute atomic E-state index is 10.9. The molecule has 0 rings (SSSR count). The molecule has 0 aliphatic heterocycles. The average molecular weight is 185 g/mol. The summed E-state index contributed by atoms with van der Waals surface area (Å²) in [5.74, 6) is 0. The zero-order valence-electron chi connectivity index (χ0n) is 5.27. The molecule has 0 aromatic carbocycles. The SMILES string of the molecule is CC.FC(F)(F)C(F)(F)Cl. The Hall–Kier alpha value is -0.0600. The number of halogens is 6. The molecule has 0 heterocycles. The van der Waals surface area contributed by atoms with Gasteiger partial charge in [-0.05, 0) is 11.6 Å². The second-order valence-corrected chi connectivity index (χ2v) is 1.47. The monoisotopic (exact) mass is 184 g/mol. The van der Waals surface area contributed by atoms with Crippen molar-refractivity contribution in [2.75, 3.05) is 0 Å². The first-order valence-corrected chi connectivity index (χ1v) is 2.76. The van der Waals surface area contributed by atoms with E-state index >= 15 is 0 Å². The summed E-state index contributed by atoms with van der Waals surface area (Å²) < 4.78 is 53.8. The molecule has 0 aromatic rings. The second kappa shape index (κ2) is 3.95. The van der Waals surface area contributed by atoms with Gasteiger partial charge >= 0.3 is 11.6 Å². The average Bonchev–Trinajstić information content (AvgIpc) is 1.66. The van der Waals surface area contributed by atoms with E-state index in [4.69, 9.17) is 0 Å². The van der Waals surface area contributed by atoms with Gasteiger partial charge < -0.3 is 0 Å². The number of alkyl halides is 6. The van der Waals surface area contributed by atoms with Gasteiger partial charge in [0.15, 0.2) is 0 Å². The molecule has 0 saturated heterocycles. The summed E-state index contributed by atoms with van der Waals surface area (Å²) in [6.45, 7) is 4.00. The second-order valence-electron chi connectivity index (χ2n) is 0.996. The van der Waals surface area contributed by atoms with Gasteiger partial charge in [-0.3, -0.25) is 0 Å². The third kappa shape index (κ3) is 4.78. The van der Waals surface area contributed by atoms with E-state index in [2.05, 4.69) is 11.6 Å². The molecule has 0 saturated carbocycles. The largest absolute Gasteiger partial charge is 0.469 e. The van der Waals surface area contributed by atoms with Crippen LogP contribution in [0.3, 0.4) is 0 Å². The lowest BCUT2D eigenvalue weighted by molar-refractivity contribution is -0.241. The Bertz CT molecular complexity index is 68.6.